The summed E-state index contributed by atoms with van der Waals surface area (Å²) in [6, 6.07) is 1.84. The van der Waals surface area contributed by atoms with Gasteiger partial charge in [-0.05, 0) is 25.2 Å². The smallest absolute Gasteiger partial charge is 0.179 e. The first-order valence-corrected chi connectivity index (χ1v) is 7.45. The van der Waals surface area contributed by atoms with Crippen molar-refractivity contribution in [1.82, 2.24) is 19.5 Å². The second-order valence-electron chi connectivity index (χ2n) is 4.24. The zero-order valence-corrected chi connectivity index (χ0v) is 12.6. The second kappa shape index (κ2) is 5.03. The molecule has 4 nitrogen and oxygen atoms in total. The monoisotopic (exact) mass is 310 g/mol. The maximum absolute atomic E-state index is 5.92. The first kappa shape index (κ1) is 12.8. The number of fused-ring (bicyclic) bond motifs is 1. The van der Waals surface area contributed by atoms with E-state index in [1.165, 1.54) is 0 Å². The SMILES string of the molecule is Cc1csc(CCn2c(=S)[nH]c3cc(Cl)cnc32)n1. The molecule has 7 heteroatoms. The molecule has 98 valence electrons. The number of thiazole rings is 1. The zero-order valence-electron chi connectivity index (χ0n) is 10.2. The van der Waals surface area contributed by atoms with Crippen molar-refractivity contribution in [3.05, 3.63) is 38.1 Å². The number of nitrogens with zero attached hydrogens (tertiary/aromatic N) is 3. The van der Waals surface area contributed by atoms with Gasteiger partial charge in [-0.15, -0.1) is 11.3 Å². The summed E-state index contributed by atoms with van der Waals surface area (Å²) in [5.74, 6) is 0. The maximum atomic E-state index is 5.92. The van der Waals surface area contributed by atoms with Gasteiger partial charge in [-0.2, -0.15) is 0 Å². The van der Waals surface area contributed by atoms with Gasteiger partial charge in [0, 0.05) is 30.2 Å². The van der Waals surface area contributed by atoms with E-state index in [9.17, 15) is 0 Å². The van der Waals surface area contributed by atoms with Gasteiger partial charge in [0.2, 0.25) is 0 Å². The van der Waals surface area contributed by atoms with Crippen LogP contribution in [0, 0.1) is 11.7 Å². The highest BCUT2D eigenvalue weighted by Crippen LogP contribution is 2.17. The standard InChI is InChI=1S/C12H11ClN4S2/c1-7-6-19-10(15-7)2-3-17-11-9(16-12(17)18)4-8(13)5-14-11/h4-6H,2-3H2,1H3,(H,16,18). The number of halogens is 1. The van der Waals surface area contributed by atoms with Gasteiger partial charge in [0.15, 0.2) is 10.4 Å². The molecule has 0 aliphatic carbocycles. The summed E-state index contributed by atoms with van der Waals surface area (Å²) in [4.78, 5) is 11.9. The molecule has 0 atom stereocenters. The van der Waals surface area contributed by atoms with Crippen molar-refractivity contribution in [2.24, 2.45) is 0 Å². The highest BCUT2D eigenvalue weighted by Gasteiger charge is 2.07. The second-order valence-corrected chi connectivity index (χ2v) is 6.00. The predicted molar refractivity (Wildman–Crippen MR) is 80.5 cm³/mol. The molecule has 0 amide bonds. The van der Waals surface area contributed by atoms with Crippen LogP contribution in [0.3, 0.4) is 0 Å². The summed E-state index contributed by atoms with van der Waals surface area (Å²) in [6.45, 7) is 2.77. The van der Waals surface area contributed by atoms with Gasteiger partial charge in [0.05, 0.1) is 15.5 Å². The van der Waals surface area contributed by atoms with Gasteiger partial charge < -0.3 is 9.55 Å². The molecule has 0 radical (unpaired) electrons. The van der Waals surface area contributed by atoms with Crippen LogP contribution in [-0.2, 0) is 13.0 Å². The lowest BCUT2D eigenvalue weighted by Crippen LogP contribution is -2.02. The van der Waals surface area contributed by atoms with Crippen molar-refractivity contribution in [3.63, 3.8) is 0 Å². The molecule has 0 aromatic carbocycles. The molecule has 0 aliphatic heterocycles. The molecule has 0 aliphatic rings. The molecule has 3 aromatic rings. The Labute approximate surface area is 124 Å². The molecule has 19 heavy (non-hydrogen) atoms. The molecule has 0 saturated heterocycles. The highest BCUT2D eigenvalue weighted by atomic mass is 35.5. The third kappa shape index (κ3) is 2.56. The average molecular weight is 311 g/mol. The number of H-pyrrole nitrogens is 1. The van der Waals surface area contributed by atoms with E-state index in [1.54, 1.807) is 17.5 Å². The van der Waals surface area contributed by atoms with Gasteiger partial charge >= 0.3 is 0 Å². The van der Waals surface area contributed by atoms with Crippen LogP contribution in [0.1, 0.15) is 10.7 Å². The van der Waals surface area contributed by atoms with Gasteiger partial charge in [-0.25, -0.2) is 9.97 Å². The number of imidazole rings is 1. The number of aromatic nitrogens is 4. The van der Waals surface area contributed by atoms with E-state index in [1.807, 2.05) is 17.6 Å². The Hall–Kier alpha value is -1.24. The maximum Gasteiger partial charge on any atom is 0.179 e. The quantitative estimate of drug-likeness (QED) is 0.749. The molecule has 3 heterocycles. The highest BCUT2D eigenvalue weighted by molar-refractivity contribution is 7.71. The minimum absolute atomic E-state index is 0.603. The van der Waals surface area contributed by atoms with E-state index in [-0.39, 0.29) is 0 Å². The summed E-state index contributed by atoms with van der Waals surface area (Å²) in [5.41, 5.74) is 2.77. The molecule has 3 rings (SSSR count). The lowest BCUT2D eigenvalue weighted by molar-refractivity contribution is 0.697. The molecule has 0 fully saturated rings. The van der Waals surface area contributed by atoms with Crippen LogP contribution < -0.4 is 0 Å². The van der Waals surface area contributed by atoms with Crippen LogP contribution in [-0.4, -0.2) is 19.5 Å². The number of hydrogen-bond acceptors (Lipinski definition) is 4. The Morgan fingerprint density at radius 2 is 2.37 bits per heavy atom. The Morgan fingerprint density at radius 3 is 3.11 bits per heavy atom. The molecule has 0 spiro atoms. The van der Waals surface area contributed by atoms with E-state index in [4.69, 9.17) is 23.8 Å². The van der Waals surface area contributed by atoms with Crippen molar-refractivity contribution >= 4 is 46.3 Å². The first-order chi connectivity index (χ1) is 9.13. The van der Waals surface area contributed by atoms with Gasteiger partial charge in [0.1, 0.15) is 0 Å². The van der Waals surface area contributed by atoms with Gasteiger partial charge in [-0.3, -0.25) is 0 Å². The molecule has 0 bridgehead atoms. The summed E-state index contributed by atoms with van der Waals surface area (Å²) in [6.07, 6.45) is 2.49. The van der Waals surface area contributed by atoms with Crippen molar-refractivity contribution in [2.45, 2.75) is 19.9 Å². The Bertz CT molecular complexity index is 786. The van der Waals surface area contributed by atoms with Crippen molar-refractivity contribution in [3.8, 4) is 0 Å². The van der Waals surface area contributed by atoms with Gasteiger partial charge in [-0.1, -0.05) is 11.6 Å². The van der Waals surface area contributed by atoms with E-state index < -0.39 is 0 Å². The average Bonchev–Trinajstić information content (AvgIpc) is 2.89. The minimum Gasteiger partial charge on any atom is -0.329 e. The van der Waals surface area contributed by atoms with E-state index in [0.717, 1.165) is 34.8 Å². The van der Waals surface area contributed by atoms with Crippen LogP contribution in [0.5, 0.6) is 0 Å². The van der Waals surface area contributed by atoms with E-state index in [0.29, 0.717) is 9.79 Å². The Kier molecular flexibility index (Phi) is 3.38. The third-order valence-electron chi connectivity index (χ3n) is 2.79. The molecule has 0 unspecified atom stereocenters. The summed E-state index contributed by atoms with van der Waals surface area (Å²) in [5, 5.41) is 3.77. The molecule has 1 N–H and O–H groups in total. The summed E-state index contributed by atoms with van der Waals surface area (Å²) >= 11 is 12.9. The lowest BCUT2D eigenvalue weighted by atomic mass is 10.4. The first-order valence-electron chi connectivity index (χ1n) is 5.78. The zero-order chi connectivity index (χ0) is 13.4. The fourth-order valence-corrected chi connectivity index (χ4v) is 3.16. The fourth-order valence-electron chi connectivity index (χ4n) is 1.95. The molecular formula is C12H11ClN4S2. The van der Waals surface area contributed by atoms with Crippen LogP contribution >= 0.6 is 35.2 Å². The largest absolute Gasteiger partial charge is 0.329 e. The van der Waals surface area contributed by atoms with Crippen LogP contribution in [0.15, 0.2) is 17.6 Å². The minimum atomic E-state index is 0.603. The van der Waals surface area contributed by atoms with Crippen molar-refractivity contribution in [1.29, 1.82) is 0 Å². The van der Waals surface area contributed by atoms with Crippen molar-refractivity contribution < 1.29 is 0 Å². The molecule has 3 aromatic heterocycles. The number of hydrogen-bond donors (Lipinski definition) is 1. The van der Waals surface area contributed by atoms with Crippen LogP contribution in [0.25, 0.3) is 11.2 Å². The normalized spacial score (nSPS) is 11.3. The number of nitrogens with one attached hydrogen (secondary N) is 1. The topological polar surface area (TPSA) is 46.5 Å². The van der Waals surface area contributed by atoms with Crippen molar-refractivity contribution in [2.75, 3.05) is 0 Å². The van der Waals surface area contributed by atoms with Gasteiger partial charge in [0.25, 0.3) is 0 Å². The van der Waals surface area contributed by atoms with Crippen LogP contribution in [0.2, 0.25) is 5.02 Å². The third-order valence-corrected chi connectivity index (χ3v) is 4.35. The lowest BCUT2D eigenvalue weighted by Gasteiger charge is -2.01. The molecule has 0 saturated carbocycles. The summed E-state index contributed by atoms with van der Waals surface area (Å²) in [7, 11) is 0. The molecular weight excluding hydrogens is 300 g/mol. The Morgan fingerprint density at radius 1 is 1.53 bits per heavy atom. The number of pyridine rings is 1. The number of rotatable bonds is 3. The number of aryl methyl sites for hydroxylation is 3. The van der Waals surface area contributed by atoms with E-state index in [2.05, 4.69) is 20.3 Å². The van der Waals surface area contributed by atoms with E-state index >= 15 is 0 Å². The number of aromatic amines is 1. The Balaban J connectivity index is 1.92. The van der Waals surface area contributed by atoms with Crippen LogP contribution in [0.4, 0.5) is 0 Å². The fraction of sp³-hybridized carbons (Fsp3) is 0.250. The summed E-state index contributed by atoms with van der Waals surface area (Å²) < 4.78 is 2.65. The predicted octanol–water partition coefficient (Wildman–Crippen LogP) is 3.75.